The summed E-state index contributed by atoms with van der Waals surface area (Å²) in [5, 5.41) is 2.96. The lowest BCUT2D eigenvalue weighted by atomic mass is 10.2. The first kappa shape index (κ1) is 12.6. The van der Waals surface area contributed by atoms with E-state index in [4.69, 9.17) is 4.74 Å². The van der Waals surface area contributed by atoms with E-state index in [9.17, 15) is 4.79 Å². The number of carbonyl (C=O) groups excluding carboxylic acids is 1. The number of rotatable bonds is 3. The molecular formula is C15H20N2O2. The highest BCUT2D eigenvalue weighted by molar-refractivity contribution is 5.94. The Bertz CT molecular complexity index is 435. The molecule has 2 aliphatic rings. The molecule has 2 saturated heterocycles. The van der Waals surface area contributed by atoms with Crippen molar-refractivity contribution >= 4 is 5.91 Å². The van der Waals surface area contributed by atoms with Crippen LogP contribution in [-0.2, 0) is 4.74 Å². The lowest BCUT2D eigenvalue weighted by Crippen LogP contribution is -2.50. The molecule has 4 nitrogen and oxygen atoms in total. The molecule has 0 spiro atoms. The number of carbonyl (C=O) groups is 1. The maximum absolute atomic E-state index is 11.9. The third-order valence-corrected chi connectivity index (χ3v) is 3.99. The summed E-state index contributed by atoms with van der Waals surface area (Å²) in [5.41, 5.74) is 0.706. The van der Waals surface area contributed by atoms with Crippen molar-refractivity contribution in [3.8, 4) is 0 Å². The molecule has 0 radical (unpaired) electrons. The van der Waals surface area contributed by atoms with Crippen LogP contribution in [0.4, 0.5) is 0 Å². The number of hydrogen-bond acceptors (Lipinski definition) is 3. The minimum atomic E-state index is -0.0206. The number of benzene rings is 1. The molecule has 0 saturated carbocycles. The van der Waals surface area contributed by atoms with Gasteiger partial charge < -0.3 is 10.1 Å². The first-order valence-corrected chi connectivity index (χ1v) is 7.02. The third-order valence-electron chi connectivity index (χ3n) is 3.99. The van der Waals surface area contributed by atoms with E-state index >= 15 is 0 Å². The molecule has 1 aromatic carbocycles. The van der Waals surface area contributed by atoms with Gasteiger partial charge in [0.25, 0.3) is 5.91 Å². The summed E-state index contributed by atoms with van der Waals surface area (Å²) in [4.78, 5) is 14.4. The summed E-state index contributed by atoms with van der Waals surface area (Å²) >= 11 is 0. The van der Waals surface area contributed by atoms with Crippen LogP contribution in [0.2, 0.25) is 0 Å². The normalized spacial score (nSPS) is 26.9. The van der Waals surface area contributed by atoms with Crippen molar-refractivity contribution < 1.29 is 9.53 Å². The fraction of sp³-hybridized carbons (Fsp3) is 0.533. The van der Waals surface area contributed by atoms with E-state index in [-0.39, 0.29) is 12.0 Å². The summed E-state index contributed by atoms with van der Waals surface area (Å²) in [6.07, 6.45) is 2.65. The van der Waals surface area contributed by atoms with Gasteiger partial charge in [0.15, 0.2) is 0 Å². The number of hydrogen-bond donors (Lipinski definition) is 1. The zero-order chi connectivity index (χ0) is 13.1. The van der Waals surface area contributed by atoms with E-state index in [1.807, 2.05) is 30.3 Å². The zero-order valence-electron chi connectivity index (χ0n) is 11.0. The zero-order valence-corrected chi connectivity index (χ0v) is 11.0. The number of nitrogens with one attached hydrogen (secondary N) is 1. The van der Waals surface area contributed by atoms with Crippen LogP contribution in [0.5, 0.6) is 0 Å². The van der Waals surface area contributed by atoms with Gasteiger partial charge in [-0.05, 0) is 31.5 Å². The monoisotopic (exact) mass is 260 g/mol. The number of nitrogens with zero attached hydrogens (tertiary/aromatic N) is 1. The Labute approximate surface area is 113 Å². The molecule has 1 N–H and O–H groups in total. The quantitative estimate of drug-likeness (QED) is 0.890. The minimum Gasteiger partial charge on any atom is -0.373 e. The molecule has 2 fully saturated rings. The summed E-state index contributed by atoms with van der Waals surface area (Å²) in [6.45, 7) is 3.53. The molecule has 0 aliphatic carbocycles. The van der Waals surface area contributed by atoms with Crippen LogP contribution in [-0.4, -0.2) is 49.2 Å². The van der Waals surface area contributed by atoms with Gasteiger partial charge >= 0.3 is 0 Å². The largest absolute Gasteiger partial charge is 0.373 e. The van der Waals surface area contributed by atoms with Crippen molar-refractivity contribution in [2.75, 3.05) is 26.2 Å². The maximum Gasteiger partial charge on any atom is 0.251 e. The van der Waals surface area contributed by atoms with Gasteiger partial charge in [-0.15, -0.1) is 0 Å². The molecule has 2 atom stereocenters. The Hall–Kier alpha value is -1.39. The van der Waals surface area contributed by atoms with Gasteiger partial charge in [0.1, 0.15) is 0 Å². The second-order valence-corrected chi connectivity index (χ2v) is 5.32. The van der Waals surface area contributed by atoms with Crippen molar-refractivity contribution in [2.24, 2.45) is 0 Å². The molecule has 102 valence electrons. The van der Waals surface area contributed by atoms with Gasteiger partial charge in [-0.2, -0.15) is 0 Å². The lowest BCUT2D eigenvalue weighted by Gasteiger charge is -2.35. The van der Waals surface area contributed by atoms with Crippen LogP contribution in [0.3, 0.4) is 0 Å². The highest BCUT2D eigenvalue weighted by atomic mass is 16.5. The summed E-state index contributed by atoms with van der Waals surface area (Å²) in [5.74, 6) is -0.0206. The Morgan fingerprint density at radius 3 is 3.05 bits per heavy atom. The van der Waals surface area contributed by atoms with Crippen LogP contribution >= 0.6 is 0 Å². The average molecular weight is 260 g/mol. The van der Waals surface area contributed by atoms with Crippen molar-refractivity contribution in [2.45, 2.75) is 25.0 Å². The molecule has 1 amide bonds. The van der Waals surface area contributed by atoms with E-state index < -0.39 is 0 Å². The molecule has 4 heteroatoms. The van der Waals surface area contributed by atoms with E-state index in [1.54, 1.807) is 0 Å². The predicted molar refractivity (Wildman–Crippen MR) is 73.1 cm³/mol. The first-order valence-electron chi connectivity index (χ1n) is 7.02. The van der Waals surface area contributed by atoms with Gasteiger partial charge in [0, 0.05) is 24.7 Å². The highest BCUT2D eigenvalue weighted by Crippen LogP contribution is 2.22. The Kier molecular flexibility index (Phi) is 3.80. The van der Waals surface area contributed by atoms with Gasteiger partial charge in [0.05, 0.1) is 12.7 Å². The van der Waals surface area contributed by atoms with Crippen LogP contribution in [0.15, 0.2) is 30.3 Å². The number of amides is 1. The number of ether oxygens (including phenoxy) is 1. The third kappa shape index (κ3) is 2.96. The number of morpholine rings is 1. The van der Waals surface area contributed by atoms with Crippen LogP contribution in [0, 0.1) is 0 Å². The standard InChI is InChI=1S/C15H20N2O2/c18-15(12-5-2-1-3-6-12)16-9-14-10-17-8-4-7-13(17)11-19-14/h1-3,5-6,13-14H,4,7-11H2,(H,16,18)/t13-,14+/m1/s1. The number of fused-ring (bicyclic) bond motifs is 1. The van der Waals surface area contributed by atoms with Crippen molar-refractivity contribution in [1.82, 2.24) is 10.2 Å². The van der Waals surface area contributed by atoms with Gasteiger partial charge in [-0.3, -0.25) is 9.69 Å². The van der Waals surface area contributed by atoms with Crippen LogP contribution < -0.4 is 5.32 Å². The Morgan fingerprint density at radius 2 is 2.21 bits per heavy atom. The van der Waals surface area contributed by atoms with Crippen LogP contribution in [0.25, 0.3) is 0 Å². The van der Waals surface area contributed by atoms with E-state index in [0.29, 0.717) is 18.2 Å². The van der Waals surface area contributed by atoms with E-state index in [1.165, 1.54) is 19.4 Å². The first-order chi connectivity index (χ1) is 9.33. The van der Waals surface area contributed by atoms with Crippen molar-refractivity contribution in [3.63, 3.8) is 0 Å². The van der Waals surface area contributed by atoms with E-state index in [0.717, 1.165) is 13.2 Å². The molecule has 19 heavy (non-hydrogen) atoms. The second-order valence-electron chi connectivity index (χ2n) is 5.32. The smallest absolute Gasteiger partial charge is 0.251 e. The minimum absolute atomic E-state index is 0.0206. The topological polar surface area (TPSA) is 41.6 Å². The van der Waals surface area contributed by atoms with Crippen LogP contribution in [0.1, 0.15) is 23.2 Å². The average Bonchev–Trinajstić information content (AvgIpc) is 2.93. The SMILES string of the molecule is O=C(NC[C@H]1CN2CCC[C@@H]2CO1)c1ccccc1. The summed E-state index contributed by atoms with van der Waals surface area (Å²) in [7, 11) is 0. The molecule has 2 aliphatic heterocycles. The molecule has 2 heterocycles. The lowest BCUT2D eigenvalue weighted by molar-refractivity contribution is -0.0461. The summed E-state index contributed by atoms with van der Waals surface area (Å²) in [6, 6.07) is 9.93. The maximum atomic E-state index is 11.9. The molecule has 0 bridgehead atoms. The summed E-state index contributed by atoms with van der Waals surface area (Å²) < 4.78 is 5.82. The van der Waals surface area contributed by atoms with Gasteiger partial charge in [-0.1, -0.05) is 18.2 Å². The molecule has 1 aromatic rings. The van der Waals surface area contributed by atoms with Gasteiger partial charge in [-0.25, -0.2) is 0 Å². The molecule has 3 rings (SSSR count). The van der Waals surface area contributed by atoms with Gasteiger partial charge in [0.2, 0.25) is 0 Å². The Balaban J connectivity index is 1.49. The van der Waals surface area contributed by atoms with Crippen molar-refractivity contribution in [3.05, 3.63) is 35.9 Å². The fourth-order valence-corrected chi connectivity index (χ4v) is 2.91. The van der Waals surface area contributed by atoms with E-state index in [2.05, 4.69) is 10.2 Å². The fourth-order valence-electron chi connectivity index (χ4n) is 2.91. The second kappa shape index (κ2) is 5.72. The predicted octanol–water partition coefficient (Wildman–Crippen LogP) is 1.28. The molecule has 0 unspecified atom stereocenters. The molecule has 0 aromatic heterocycles. The van der Waals surface area contributed by atoms with Crippen molar-refractivity contribution in [1.29, 1.82) is 0 Å². The molecular weight excluding hydrogens is 240 g/mol. The highest BCUT2D eigenvalue weighted by Gasteiger charge is 2.32. The Morgan fingerprint density at radius 1 is 1.37 bits per heavy atom.